The molecule has 1 radical (unpaired) electrons. The van der Waals surface area contributed by atoms with E-state index >= 15 is 0 Å². The Hall–Kier alpha value is -1.10. The molecule has 1 heterocycles. The number of nitrogens with zero attached hydrogens (tertiary/aromatic N) is 1. The van der Waals surface area contributed by atoms with Gasteiger partial charge in [0.15, 0.2) is 14.9 Å². The van der Waals surface area contributed by atoms with Crippen LogP contribution in [0.25, 0.3) is 0 Å². The smallest absolute Gasteiger partial charge is 0.192 e. The van der Waals surface area contributed by atoms with Crippen LogP contribution in [-0.4, -0.2) is 26.7 Å². The predicted molar refractivity (Wildman–Crippen MR) is 60.6 cm³/mol. The fraction of sp³-hybridized carbons (Fsp3) is 0.400. The summed E-state index contributed by atoms with van der Waals surface area (Å²) in [5, 5.41) is 2.95. The van der Waals surface area contributed by atoms with Gasteiger partial charge >= 0.3 is 0 Å². The van der Waals surface area contributed by atoms with Gasteiger partial charge in [0.2, 0.25) is 0 Å². The molecule has 5 heteroatoms. The summed E-state index contributed by atoms with van der Waals surface area (Å²) in [6.45, 7) is 2.00. The van der Waals surface area contributed by atoms with E-state index < -0.39 is 9.84 Å². The Morgan fingerprint density at radius 1 is 1.47 bits per heavy atom. The molecular formula is C10H15N2O2S. The van der Waals surface area contributed by atoms with Crippen LogP contribution in [0, 0.1) is 6.42 Å². The van der Waals surface area contributed by atoms with Crippen molar-refractivity contribution in [1.82, 2.24) is 4.98 Å². The van der Waals surface area contributed by atoms with Gasteiger partial charge in [0.1, 0.15) is 5.82 Å². The van der Waals surface area contributed by atoms with Crippen molar-refractivity contribution in [2.24, 2.45) is 0 Å². The standard InChI is InChI=1S/C10H15N2O2S/c1-4-5-8-6-9(11-2)12-10(7-8)15(3,13)14/h5-7H,4H2,1-3H3,(H,11,12). The molecule has 0 saturated heterocycles. The fourth-order valence-corrected chi connectivity index (χ4v) is 1.81. The summed E-state index contributed by atoms with van der Waals surface area (Å²) in [6.07, 6.45) is 3.97. The first kappa shape index (κ1) is 12.0. The molecule has 0 aliphatic rings. The number of aromatic nitrogens is 1. The molecule has 1 aromatic heterocycles. The van der Waals surface area contributed by atoms with Gasteiger partial charge in [-0.15, -0.1) is 0 Å². The van der Waals surface area contributed by atoms with E-state index in [4.69, 9.17) is 0 Å². The van der Waals surface area contributed by atoms with Crippen LogP contribution in [0.15, 0.2) is 17.2 Å². The van der Waals surface area contributed by atoms with Gasteiger partial charge in [0.05, 0.1) is 0 Å². The number of sulfone groups is 1. The minimum Gasteiger partial charge on any atom is -0.373 e. The van der Waals surface area contributed by atoms with Crippen molar-refractivity contribution in [2.75, 3.05) is 18.6 Å². The molecule has 0 bridgehead atoms. The molecule has 0 unspecified atom stereocenters. The second kappa shape index (κ2) is 4.61. The summed E-state index contributed by atoms with van der Waals surface area (Å²) in [5.41, 5.74) is 0.872. The maximum atomic E-state index is 11.4. The van der Waals surface area contributed by atoms with Crippen LogP contribution < -0.4 is 5.32 Å². The van der Waals surface area contributed by atoms with Crippen molar-refractivity contribution in [3.8, 4) is 0 Å². The molecule has 1 rings (SSSR count). The van der Waals surface area contributed by atoms with Gasteiger partial charge in [0.25, 0.3) is 0 Å². The molecule has 0 atom stereocenters. The fourth-order valence-electron chi connectivity index (χ4n) is 1.20. The molecule has 1 aromatic rings. The molecule has 0 aliphatic heterocycles. The summed E-state index contributed by atoms with van der Waals surface area (Å²) in [7, 11) is -1.53. The SMILES string of the molecule is CC[CH]c1cc(NC)nc(S(C)(=O)=O)c1. The van der Waals surface area contributed by atoms with Crippen LogP contribution in [0.3, 0.4) is 0 Å². The molecule has 0 amide bonds. The molecule has 0 spiro atoms. The maximum Gasteiger partial charge on any atom is 0.192 e. The number of nitrogens with one attached hydrogen (secondary N) is 1. The van der Waals surface area contributed by atoms with Crippen molar-refractivity contribution in [3.63, 3.8) is 0 Å². The third-order valence-electron chi connectivity index (χ3n) is 1.90. The summed E-state index contributed by atoms with van der Waals surface area (Å²) in [4.78, 5) is 3.99. The average molecular weight is 227 g/mol. The van der Waals surface area contributed by atoms with Crippen LogP contribution in [0.1, 0.15) is 18.9 Å². The lowest BCUT2D eigenvalue weighted by atomic mass is 10.1. The molecule has 83 valence electrons. The van der Waals surface area contributed by atoms with Crippen LogP contribution in [0.2, 0.25) is 0 Å². The number of hydrogen-bond donors (Lipinski definition) is 1. The van der Waals surface area contributed by atoms with E-state index in [-0.39, 0.29) is 5.03 Å². The Balaban J connectivity index is 3.23. The molecule has 1 N–H and O–H groups in total. The Morgan fingerprint density at radius 3 is 2.60 bits per heavy atom. The van der Waals surface area contributed by atoms with Crippen LogP contribution in [-0.2, 0) is 9.84 Å². The van der Waals surface area contributed by atoms with Crippen molar-refractivity contribution >= 4 is 15.7 Å². The molecule has 0 fully saturated rings. The highest BCUT2D eigenvalue weighted by molar-refractivity contribution is 7.90. The lowest BCUT2D eigenvalue weighted by Gasteiger charge is -2.06. The zero-order valence-corrected chi connectivity index (χ0v) is 9.93. The summed E-state index contributed by atoms with van der Waals surface area (Å²) >= 11 is 0. The van der Waals surface area contributed by atoms with Gasteiger partial charge in [0, 0.05) is 13.3 Å². The second-order valence-electron chi connectivity index (χ2n) is 3.26. The van der Waals surface area contributed by atoms with Crippen molar-refractivity contribution in [3.05, 3.63) is 24.1 Å². The van der Waals surface area contributed by atoms with Crippen molar-refractivity contribution in [2.45, 2.75) is 18.4 Å². The summed E-state index contributed by atoms with van der Waals surface area (Å²) < 4.78 is 22.7. The monoisotopic (exact) mass is 227 g/mol. The van der Waals surface area contributed by atoms with Gasteiger partial charge in [-0.1, -0.05) is 6.92 Å². The van der Waals surface area contributed by atoms with Gasteiger partial charge in [-0.25, -0.2) is 13.4 Å². The molecule has 0 aliphatic carbocycles. The van der Waals surface area contributed by atoms with E-state index in [2.05, 4.69) is 10.3 Å². The Labute approximate surface area is 90.7 Å². The normalized spacial score (nSPS) is 11.4. The van der Waals surface area contributed by atoms with E-state index in [9.17, 15) is 8.42 Å². The molecule has 4 nitrogen and oxygen atoms in total. The second-order valence-corrected chi connectivity index (χ2v) is 5.22. The van der Waals surface area contributed by atoms with Crippen LogP contribution in [0.5, 0.6) is 0 Å². The Kier molecular flexibility index (Phi) is 3.68. The van der Waals surface area contributed by atoms with Crippen molar-refractivity contribution in [1.29, 1.82) is 0 Å². The first-order valence-electron chi connectivity index (χ1n) is 4.70. The van der Waals surface area contributed by atoms with Gasteiger partial charge in [-0.3, -0.25) is 0 Å². The van der Waals surface area contributed by atoms with Gasteiger partial charge in [-0.05, 0) is 30.5 Å². The highest BCUT2D eigenvalue weighted by atomic mass is 32.2. The van der Waals surface area contributed by atoms with E-state index in [0.717, 1.165) is 18.2 Å². The molecule has 0 saturated carbocycles. The number of hydrogen-bond acceptors (Lipinski definition) is 4. The zero-order chi connectivity index (χ0) is 11.5. The minimum atomic E-state index is -3.25. The highest BCUT2D eigenvalue weighted by Crippen LogP contribution is 2.16. The molecule has 15 heavy (non-hydrogen) atoms. The lowest BCUT2D eigenvalue weighted by Crippen LogP contribution is -2.04. The number of pyridine rings is 1. The number of rotatable bonds is 4. The molecular weight excluding hydrogens is 212 g/mol. The predicted octanol–water partition coefficient (Wildman–Crippen LogP) is 1.49. The average Bonchev–Trinajstić information content (AvgIpc) is 2.16. The first-order valence-corrected chi connectivity index (χ1v) is 6.59. The third-order valence-corrected chi connectivity index (χ3v) is 2.87. The topological polar surface area (TPSA) is 59.1 Å². The van der Waals surface area contributed by atoms with E-state index in [0.29, 0.717) is 5.82 Å². The minimum absolute atomic E-state index is 0.106. The van der Waals surface area contributed by atoms with Gasteiger partial charge in [-0.2, -0.15) is 0 Å². The van der Waals surface area contributed by atoms with E-state index in [1.165, 1.54) is 0 Å². The number of anilines is 1. The Morgan fingerprint density at radius 2 is 2.13 bits per heavy atom. The zero-order valence-electron chi connectivity index (χ0n) is 9.11. The quantitative estimate of drug-likeness (QED) is 0.846. The maximum absolute atomic E-state index is 11.4. The van der Waals surface area contributed by atoms with E-state index in [1.807, 2.05) is 19.4 Å². The highest BCUT2D eigenvalue weighted by Gasteiger charge is 2.11. The lowest BCUT2D eigenvalue weighted by molar-refractivity contribution is 0.598. The van der Waals surface area contributed by atoms with Gasteiger partial charge < -0.3 is 5.32 Å². The Bertz CT molecular complexity index is 441. The molecule has 0 aromatic carbocycles. The van der Waals surface area contributed by atoms with Crippen LogP contribution >= 0.6 is 0 Å². The largest absolute Gasteiger partial charge is 0.373 e. The first-order chi connectivity index (χ1) is 6.97. The summed E-state index contributed by atoms with van der Waals surface area (Å²) in [6, 6.07) is 3.40. The third kappa shape index (κ3) is 3.20. The van der Waals surface area contributed by atoms with E-state index in [1.54, 1.807) is 13.1 Å². The summed E-state index contributed by atoms with van der Waals surface area (Å²) in [5.74, 6) is 0.567. The van der Waals surface area contributed by atoms with Crippen LogP contribution in [0.4, 0.5) is 5.82 Å². The van der Waals surface area contributed by atoms with Crippen molar-refractivity contribution < 1.29 is 8.42 Å².